The number of halogens is 20. The molecule has 74 heavy (non-hydrogen) atoms. The molecule has 0 aromatic heterocycles. The van der Waals surface area contributed by atoms with Crippen LogP contribution in [0, 0.1) is 116 Å². The first-order valence-electron chi connectivity index (χ1n) is 20.6. The average Bonchev–Trinajstić information content (AvgIpc) is 3.41. The number of hydrogen-bond acceptors (Lipinski definition) is 1. The maximum Gasteiger partial charge on any atom is 0.200 e. The van der Waals surface area contributed by atoms with E-state index in [2.05, 4.69) is 103 Å². The number of rotatable bonds is 10. The second-order valence-corrected chi connectivity index (χ2v) is 20.7. The highest BCUT2D eigenvalue weighted by Gasteiger charge is 2.52. The van der Waals surface area contributed by atoms with Crippen LogP contribution in [0.2, 0.25) is 0 Å². The van der Waals surface area contributed by atoms with Crippen LogP contribution in [-0.4, -0.2) is 16.6 Å². The van der Waals surface area contributed by atoms with Gasteiger partial charge in [0.25, 0.3) is 0 Å². The van der Waals surface area contributed by atoms with Gasteiger partial charge in [0.2, 0.25) is 0 Å². The Labute approximate surface area is 407 Å². The lowest BCUT2D eigenvalue weighted by Crippen LogP contribution is -2.81. The predicted octanol–water partition coefficient (Wildman–Crippen LogP) is 10.8. The zero-order chi connectivity index (χ0) is 54.5. The highest BCUT2D eigenvalue weighted by atomic mass is 32.2. The zero-order valence-corrected chi connectivity index (χ0v) is 38.3. The third kappa shape index (κ3) is 8.80. The van der Waals surface area contributed by atoms with Crippen LogP contribution in [0.15, 0.2) is 120 Å². The van der Waals surface area contributed by atoms with Crippen LogP contribution in [0.3, 0.4) is 0 Å². The molecule has 8 aromatic rings. The smallest absolute Gasteiger partial charge is 0.200 e. The van der Waals surface area contributed by atoms with E-state index in [9.17, 15) is 56.9 Å². The number of hydrogen-bond donors (Lipinski definition) is 0. The van der Waals surface area contributed by atoms with E-state index in [1.54, 1.807) is 6.26 Å². The molecular formula is C50H24BF20OPS. The fraction of sp³-hybridized carbons (Fsp3) is 0.0400. The summed E-state index contributed by atoms with van der Waals surface area (Å²) in [6.07, 6.45) is -4.56. The summed E-state index contributed by atoms with van der Waals surface area (Å²) in [5.41, 5.74) is -13.1. The van der Waals surface area contributed by atoms with Gasteiger partial charge in [0, 0.05) is 22.0 Å². The minimum atomic E-state index is -7.22. The highest BCUT2D eigenvalue weighted by Crippen LogP contribution is 2.58. The Morgan fingerprint density at radius 2 is 0.514 bits per heavy atom. The average molecular weight is 1090 g/mol. The summed E-state index contributed by atoms with van der Waals surface area (Å²) in [6, 6.07) is 41.0. The molecule has 0 N–H and O–H groups in total. The zero-order valence-electron chi connectivity index (χ0n) is 36.6. The molecule has 0 aliphatic carbocycles. The van der Waals surface area contributed by atoms with Gasteiger partial charge in [-0.25, -0.2) is 87.8 Å². The molecule has 0 aliphatic rings. The molecule has 0 heterocycles. The lowest BCUT2D eigenvalue weighted by Gasteiger charge is -2.44. The van der Waals surface area contributed by atoms with Crippen molar-refractivity contribution in [2.45, 2.75) is 11.1 Å². The molecule has 0 radical (unpaired) electrons. The van der Waals surface area contributed by atoms with Crippen LogP contribution in [0.25, 0.3) is 0 Å². The fourth-order valence-corrected chi connectivity index (χ4v) is 13.5. The van der Waals surface area contributed by atoms with E-state index in [-0.39, 0.29) is 0 Å². The maximum atomic E-state index is 15.4. The standard InChI is InChI=1S/C26H24OPS.C24BF20/c1-29(27)26-19-17-22(18-20-26)21-28(23-11-5-2-6-12-23,24-13-7-3-8-14-24)25-15-9-4-10-16-25;26-5-1(6(27)14(35)21(42)13(5)34)25(2-7(28)15(36)22(43)16(37)8(2)29,3-9(30)17(38)23(44)18(39)10(3)31)4-11(32)19(40)24(45)20(41)12(4)33/h2-20H,21H2,1H3;/q+1;-1. The molecular weight excluding hydrogens is 1070 g/mol. The van der Waals surface area contributed by atoms with Gasteiger partial charge >= 0.3 is 0 Å². The second-order valence-electron chi connectivity index (χ2n) is 15.9. The monoisotopic (exact) mass is 1090 g/mol. The van der Waals surface area contributed by atoms with E-state index in [1.165, 1.54) is 21.5 Å². The summed E-state index contributed by atoms with van der Waals surface area (Å²) in [5.74, 6) is -71.4. The van der Waals surface area contributed by atoms with Crippen molar-refractivity contribution in [3.63, 3.8) is 0 Å². The van der Waals surface area contributed by atoms with E-state index < -0.39 is 162 Å². The first-order valence-corrected chi connectivity index (χ1v) is 24.1. The third-order valence-corrected chi connectivity index (χ3v) is 17.3. The molecule has 0 aliphatic heterocycles. The van der Waals surface area contributed by atoms with Crippen LogP contribution < -0.4 is 37.8 Å². The van der Waals surface area contributed by atoms with Crippen LogP contribution in [0.1, 0.15) is 5.56 Å². The van der Waals surface area contributed by atoms with Gasteiger partial charge in [-0.3, -0.25) is 4.21 Å². The van der Waals surface area contributed by atoms with Gasteiger partial charge in [0.1, 0.15) is 75.9 Å². The molecule has 1 unspecified atom stereocenters. The molecule has 1 atom stereocenters. The first-order chi connectivity index (χ1) is 34.9. The molecule has 0 fully saturated rings. The maximum absolute atomic E-state index is 15.4. The number of benzene rings is 8. The fourth-order valence-electron chi connectivity index (χ4n) is 8.70. The predicted molar refractivity (Wildman–Crippen MR) is 237 cm³/mol. The van der Waals surface area contributed by atoms with Crippen LogP contribution in [-0.2, 0) is 17.0 Å². The lowest BCUT2D eigenvalue weighted by molar-refractivity contribution is 0.378. The Balaban J connectivity index is 0.000000237. The molecule has 8 aromatic carbocycles. The lowest BCUT2D eigenvalue weighted by atomic mass is 9.12. The highest BCUT2D eigenvalue weighted by molar-refractivity contribution is 7.95. The molecule has 8 rings (SSSR count). The van der Waals surface area contributed by atoms with Crippen molar-refractivity contribution in [3.8, 4) is 0 Å². The molecule has 0 spiro atoms. The van der Waals surface area contributed by atoms with E-state index in [0.29, 0.717) is 0 Å². The second kappa shape index (κ2) is 21.1. The summed E-state index contributed by atoms with van der Waals surface area (Å²) < 4.78 is 306. The van der Waals surface area contributed by atoms with Crippen LogP contribution in [0.5, 0.6) is 0 Å². The van der Waals surface area contributed by atoms with Gasteiger partial charge in [0.05, 0.1) is 6.16 Å². The van der Waals surface area contributed by atoms with Gasteiger partial charge < -0.3 is 0 Å². The molecule has 0 bridgehead atoms. The molecule has 384 valence electrons. The Morgan fingerprint density at radius 3 is 0.716 bits per heavy atom. The molecule has 0 saturated carbocycles. The van der Waals surface area contributed by atoms with Crippen LogP contribution >= 0.6 is 7.26 Å². The summed E-state index contributed by atoms with van der Waals surface area (Å²) >= 11 is 0. The van der Waals surface area contributed by atoms with Crippen molar-refractivity contribution < 1.29 is 92.0 Å². The molecule has 0 saturated heterocycles. The molecule has 0 amide bonds. The van der Waals surface area contributed by atoms with Crippen molar-refractivity contribution in [3.05, 3.63) is 237 Å². The quantitative estimate of drug-likeness (QED) is 0.0439. The molecule has 1 nitrogen and oxygen atoms in total. The van der Waals surface area contributed by atoms with E-state index >= 15 is 35.1 Å². The van der Waals surface area contributed by atoms with Gasteiger partial charge in [-0.1, -0.05) is 66.7 Å². The largest absolute Gasteiger partial charge is 0.255 e. The minimum Gasteiger partial charge on any atom is -0.255 e. The van der Waals surface area contributed by atoms with Crippen molar-refractivity contribution in [1.29, 1.82) is 0 Å². The van der Waals surface area contributed by atoms with E-state index in [1.807, 2.05) is 12.1 Å². The summed E-state index contributed by atoms with van der Waals surface area (Å²) in [5, 5.41) is 4.13. The van der Waals surface area contributed by atoms with E-state index in [0.717, 1.165) is 11.1 Å². The van der Waals surface area contributed by atoms with Crippen LogP contribution in [0.4, 0.5) is 87.8 Å². The van der Waals surface area contributed by atoms with E-state index in [4.69, 9.17) is 0 Å². The van der Waals surface area contributed by atoms with Crippen molar-refractivity contribution in [2.24, 2.45) is 0 Å². The minimum absolute atomic E-state index is 0.872. The Morgan fingerprint density at radius 1 is 0.311 bits per heavy atom. The third-order valence-electron chi connectivity index (χ3n) is 12.0. The van der Waals surface area contributed by atoms with Crippen molar-refractivity contribution >= 4 is 62.0 Å². The Kier molecular flexibility index (Phi) is 15.6. The van der Waals surface area contributed by atoms with Gasteiger partial charge in [-0.2, -0.15) is 0 Å². The Hall–Kier alpha value is -7.00. The van der Waals surface area contributed by atoms with Crippen molar-refractivity contribution in [2.75, 3.05) is 6.26 Å². The normalized spacial score (nSPS) is 12.2. The van der Waals surface area contributed by atoms with Gasteiger partial charge in [-0.15, -0.1) is 21.9 Å². The summed E-state index contributed by atoms with van der Waals surface area (Å²) in [6.45, 7) is 0. The molecule has 24 heteroatoms. The van der Waals surface area contributed by atoms with Gasteiger partial charge in [-0.05, 0) is 54.1 Å². The van der Waals surface area contributed by atoms with Gasteiger partial charge in [0.15, 0.2) is 69.8 Å². The summed E-state index contributed by atoms with van der Waals surface area (Å²) in [7, 11) is -2.85. The SMILES string of the molecule is CS(=O)c1ccc(C[P+](c2ccccc2)(c2ccccc2)c2ccccc2)cc1.Fc1c(F)c(F)c([B-](c2c(F)c(F)c(F)c(F)c2F)(c2c(F)c(F)c(F)c(F)c2F)c2c(F)c(F)c(F)c(F)c2F)c(F)c1F. The first kappa shape index (κ1) is 54.8. The topological polar surface area (TPSA) is 17.1 Å². The van der Waals surface area contributed by atoms with Crippen molar-refractivity contribution in [1.82, 2.24) is 0 Å². The Bertz CT molecular complexity index is 3020. The summed E-state index contributed by atoms with van der Waals surface area (Å²) in [4.78, 5) is 0.872.